The lowest BCUT2D eigenvalue weighted by atomic mass is 9.94. The third kappa shape index (κ3) is 3.40. The van der Waals surface area contributed by atoms with Crippen molar-refractivity contribution in [3.8, 4) is 11.3 Å². The van der Waals surface area contributed by atoms with Crippen molar-refractivity contribution in [3.63, 3.8) is 0 Å². The van der Waals surface area contributed by atoms with Gasteiger partial charge in [-0.1, -0.05) is 0 Å². The Morgan fingerprint density at radius 2 is 1.94 bits per heavy atom. The van der Waals surface area contributed by atoms with Crippen LogP contribution < -0.4 is 10.9 Å². The van der Waals surface area contributed by atoms with Gasteiger partial charge in [-0.2, -0.15) is 13.2 Å². The number of hydrogen-bond donors (Lipinski definition) is 1. The van der Waals surface area contributed by atoms with Crippen LogP contribution in [0.4, 0.5) is 13.2 Å². The smallest absolute Gasteiger partial charge is 0.346 e. The van der Waals surface area contributed by atoms with Crippen molar-refractivity contribution >= 4 is 11.8 Å². The highest BCUT2D eigenvalue weighted by Gasteiger charge is 2.30. The van der Waals surface area contributed by atoms with E-state index in [0.29, 0.717) is 11.3 Å². The third-order valence-corrected chi connectivity index (χ3v) is 6.18. The van der Waals surface area contributed by atoms with Gasteiger partial charge in [0, 0.05) is 54.7 Å². The highest BCUT2D eigenvalue weighted by atomic mass is 19.4. The van der Waals surface area contributed by atoms with Crippen LogP contribution in [-0.2, 0) is 32.6 Å². The van der Waals surface area contributed by atoms with Gasteiger partial charge in [-0.25, -0.2) is 0 Å². The topological polar surface area (TPSA) is 51.9 Å². The maximum atomic E-state index is 12.8. The number of allylic oxidation sites excluding steroid dienone is 1. The van der Waals surface area contributed by atoms with E-state index in [-0.39, 0.29) is 5.56 Å². The lowest BCUT2D eigenvalue weighted by Gasteiger charge is -2.18. The van der Waals surface area contributed by atoms with E-state index >= 15 is 0 Å². The largest absolute Gasteiger partial charge is 0.417 e. The van der Waals surface area contributed by atoms with Gasteiger partial charge in [0.2, 0.25) is 0 Å². The lowest BCUT2D eigenvalue weighted by molar-refractivity contribution is -0.137. The zero-order valence-corrected chi connectivity index (χ0v) is 17.0. The zero-order chi connectivity index (χ0) is 21.8. The average Bonchev–Trinajstić information content (AvgIpc) is 3.05. The number of fused-ring (bicyclic) bond motifs is 3. The van der Waals surface area contributed by atoms with E-state index < -0.39 is 11.7 Å². The predicted octanol–water partition coefficient (Wildman–Crippen LogP) is 3.86. The Morgan fingerprint density at radius 1 is 1.10 bits per heavy atom. The maximum Gasteiger partial charge on any atom is 0.417 e. The number of nitrogens with zero attached hydrogens (tertiary/aromatic N) is 3. The lowest BCUT2D eigenvalue weighted by Crippen LogP contribution is -2.25. The summed E-state index contributed by atoms with van der Waals surface area (Å²) in [6.45, 7) is 1.84. The number of aromatic nitrogens is 3. The molecule has 0 amide bonds. The van der Waals surface area contributed by atoms with Crippen molar-refractivity contribution in [1.29, 1.82) is 0 Å². The summed E-state index contributed by atoms with van der Waals surface area (Å²) in [6.07, 6.45) is 2.78. The van der Waals surface area contributed by atoms with Crippen LogP contribution in [0, 0.1) is 0 Å². The first-order chi connectivity index (χ1) is 14.8. The molecule has 0 bridgehead atoms. The highest BCUT2D eigenvalue weighted by molar-refractivity contribution is 5.76. The van der Waals surface area contributed by atoms with E-state index in [0.717, 1.165) is 56.0 Å². The van der Waals surface area contributed by atoms with Crippen molar-refractivity contribution in [2.75, 3.05) is 6.54 Å². The Balaban J connectivity index is 1.48. The van der Waals surface area contributed by atoms with Gasteiger partial charge in [0.15, 0.2) is 0 Å². The molecular weight excluding hydrogens is 405 g/mol. The molecule has 1 N–H and O–H groups in total. The molecule has 0 spiro atoms. The van der Waals surface area contributed by atoms with Crippen LogP contribution in [0.2, 0.25) is 0 Å². The molecule has 0 fully saturated rings. The van der Waals surface area contributed by atoms with Gasteiger partial charge in [0.05, 0.1) is 11.3 Å². The Labute approximate surface area is 176 Å². The third-order valence-electron chi connectivity index (χ3n) is 6.18. The molecule has 1 aliphatic heterocycles. The fourth-order valence-electron chi connectivity index (χ4n) is 4.56. The molecule has 5 nitrogen and oxygen atoms in total. The second-order valence-corrected chi connectivity index (χ2v) is 7.96. The first kappa shape index (κ1) is 19.8. The molecule has 8 heteroatoms. The van der Waals surface area contributed by atoms with Gasteiger partial charge in [0.25, 0.3) is 5.56 Å². The van der Waals surface area contributed by atoms with E-state index in [1.165, 1.54) is 29.0 Å². The molecule has 31 heavy (non-hydrogen) atoms. The second-order valence-electron chi connectivity index (χ2n) is 7.96. The Bertz CT molecular complexity index is 1250. The normalized spacial score (nSPS) is 15.9. The molecule has 0 saturated heterocycles. The van der Waals surface area contributed by atoms with Gasteiger partial charge >= 0.3 is 6.18 Å². The van der Waals surface area contributed by atoms with Crippen molar-refractivity contribution in [2.24, 2.45) is 7.05 Å². The summed E-state index contributed by atoms with van der Waals surface area (Å²) in [7, 11) is 2.06. The molecule has 0 aromatic carbocycles. The average molecular weight is 426 g/mol. The number of alkyl halides is 3. The number of rotatable bonds is 2. The van der Waals surface area contributed by atoms with Crippen molar-refractivity contribution in [3.05, 3.63) is 75.1 Å². The van der Waals surface area contributed by atoms with Crippen LogP contribution in [0.15, 0.2) is 41.5 Å². The molecule has 3 aromatic rings. The Hall–Kier alpha value is -3.13. The van der Waals surface area contributed by atoms with Crippen LogP contribution in [-0.4, -0.2) is 20.7 Å². The quantitative estimate of drug-likeness (QED) is 0.677. The number of nitrogens with one attached hydrogen (secondary N) is 1. The van der Waals surface area contributed by atoms with Crippen LogP contribution >= 0.6 is 0 Å². The second kappa shape index (κ2) is 7.23. The summed E-state index contributed by atoms with van der Waals surface area (Å²) in [5.74, 6) is 0. The molecule has 3 aromatic heterocycles. The van der Waals surface area contributed by atoms with Gasteiger partial charge in [0.1, 0.15) is 0 Å². The van der Waals surface area contributed by atoms with Gasteiger partial charge < -0.3 is 9.88 Å². The molecule has 5 rings (SSSR count). The summed E-state index contributed by atoms with van der Waals surface area (Å²) >= 11 is 0. The SMILES string of the molecule is Cn1c2c(c3c1CNCC3)CCC(n1ccc(-c3ccc(C(F)(F)F)cn3)cc1=O)=C2. The molecule has 0 unspecified atom stereocenters. The fraction of sp³-hybridized carbons (Fsp3) is 0.304. The van der Waals surface area contributed by atoms with Crippen LogP contribution in [0.1, 0.15) is 34.5 Å². The molecule has 2 aliphatic rings. The summed E-state index contributed by atoms with van der Waals surface area (Å²) in [6, 6.07) is 5.40. The van der Waals surface area contributed by atoms with Crippen LogP contribution in [0.5, 0.6) is 0 Å². The van der Waals surface area contributed by atoms with Crippen molar-refractivity contribution in [2.45, 2.75) is 32.0 Å². The summed E-state index contributed by atoms with van der Waals surface area (Å²) in [5, 5.41) is 3.41. The van der Waals surface area contributed by atoms with Crippen molar-refractivity contribution < 1.29 is 13.2 Å². The minimum atomic E-state index is -4.44. The minimum Gasteiger partial charge on any atom is -0.346 e. The predicted molar refractivity (Wildman–Crippen MR) is 112 cm³/mol. The maximum absolute atomic E-state index is 12.8. The Kier molecular flexibility index (Phi) is 4.62. The molecule has 0 radical (unpaired) electrons. The van der Waals surface area contributed by atoms with E-state index in [4.69, 9.17) is 0 Å². The minimum absolute atomic E-state index is 0.227. The monoisotopic (exact) mass is 426 g/mol. The number of hydrogen-bond acceptors (Lipinski definition) is 3. The molecule has 0 saturated carbocycles. The first-order valence-electron chi connectivity index (χ1n) is 10.2. The molecule has 160 valence electrons. The van der Waals surface area contributed by atoms with E-state index in [1.807, 2.05) is 0 Å². The zero-order valence-electron chi connectivity index (χ0n) is 17.0. The van der Waals surface area contributed by atoms with Gasteiger partial charge in [-0.15, -0.1) is 0 Å². The highest BCUT2D eigenvalue weighted by Crippen LogP contribution is 2.34. The standard InChI is InChI=1S/C23H21F3N4O/c1-29-20-11-16(3-4-17(20)18-6-8-27-13-21(18)29)30-9-7-14(10-22(30)31)19-5-2-15(12-28-19)23(24,25)26/h2,5,7,9-12,27H,3-4,6,8,13H2,1H3. The molecule has 4 heterocycles. The van der Waals surface area contributed by atoms with E-state index in [9.17, 15) is 18.0 Å². The van der Waals surface area contributed by atoms with E-state index in [2.05, 4.69) is 28.0 Å². The van der Waals surface area contributed by atoms with Crippen molar-refractivity contribution in [1.82, 2.24) is 19.4 Å². The summed E-state index contributed by atoms with van der Waals surface area (Å²) in [5.41, 5.74) is 5.97. The first-order valence-corrected chi connectivity index (χ1v) is 10.2. The Morgan fingerprint density at radius 3 is 2.65 bits per heavy atom. The van der Waals surface area contributed by atoms with Gasteiger partial charge in [-0.05, 0) is 61.2 Å². The van der Waals surface area contributed by atoms with E-state index in [1.54, 1.807) is 16.8 Å². The summed E-state index contributed by atoms with van der Waals surface area (Å²) in [4.78, 5) is 16.7. The number of halogens is 3. The van der Waals surface area contributed by atoms with Crippen LogP contribution in [0.3, 0.4) is 0 Å². The molecule has 0 atom stereocenters. The number of pyridine rings is 2. The van der Waals surface area contributed by atoms with Gasteiger partial charge in [-0.3, -0.25) is 14.3 Å². The molecular formula is C23H21F3N4O. The van der Waals surface area contributed by atoms with Crippen LogP contribution in [0.25, 0.3) is 23.0 Å². The molecule has 1 aliphatic carbocycles. The fourth-order valence-corrected chi connectivity index (χ4v) is 4.56. The summed E-state index contributed by atoms with van der Waals surface area (Å²) < 4.78 is 42.1.